The van der Waals surface area contributed by atoms with Crippen LogP contribution in [0.3, 0.4) is 0 Å². The highest BCUT2D eigenvalue weighted by Gasteiger charge is 2.49. The van der Waals surface area contributed by atoms with Crippen molar-refractivity contribution in [3.8, 4) is 0 Å². The Hall–Kier alpha value is -3.12. The second-order valence-electron chi connectivity index (χ2n) is 8.33. The van der Waals surface area contributed by atoms with Crippen LogP contribution in [0.2, 0.25) is 0 Å². The molecule has 1 N–H and O–H groups in total. The smallest absolute Gasteiger partial charge is 0.378 e. The molecule has 3 aliphatic rings. The van der Waals surface area contributed by atoms with Crippen molar-refractivity contribution in [1.82, 2.24) is 4.31 Å². The molecule has 8 nitrogen and oxygen atoms in total. The monoisotopic (exact) mass is 495 g/mol. The van der Waals surface area contributed by atoms with Gasteiger partial charge in [0.15, 0.2) is 0 Å². The Morgan fingerprint density at radius 3 is 2.41 bits per heavy atom. The molecule has 1 aliphatic carbocycles. The molecular formula is C22H20F3N3O5S. The van der Waals surface area contributed by atoms with Gasteiger partial charge < -0.3 is 15.0 Å². The van der Waals surface area contributed by atoms with Crippen LogP contribution in [0, 0.1) is 0 Å². The molecule has 12 heteroatoms. The van der Waals surface area contributed by atoms with Gasteiger partial charge in [-0.1, -0.05) is 0 Å². The number of ether oxygens (including phenoxy) is 1. The maximum atomic E-state index is 13.8. The van der Waals surface area contributed by atoms with E-state index in [2.05, 4.69) is 5.32 Å². The van der Waals surface area contributed by atoms with Gasteiger partial charge in [0.2, 0.25) is 0 Å². The van der Waals surface area contributed by atoms with Gasteiger partial charge in [-0.25, -0.2) is 12.7 Å². The summed E-state index contributed by atoms with van der Waals surface area (Å²) < 4.78 is 73.0. The van der Waals surface area contributed by atoms with Crippen LogP contribution in [0.5, 0.6) is 0 Å². The SMILES string of the molecule is O=C(Nc1ccc(N2CCOCC2)cc1C(F)(F)F)c1ccc2c(c1)S(=O)(=O)N(C1CC1)C2=O. The number of fused-ring (bicyclic) bond motifs is 1. The van der Waals surface area contributed by atoms with Crippen LogP contribution in [0.1, 0.15) is 39.1 Å². The molecule has 2 aromatic carbocycles. The number of halogens is 3. The van der Waals surface area contributed by atoms with Crippen molar-refractivity contribution in [3.63, 3.8) is 0 Å². The topological polar surface area (TPSA) is 96.0 Å². The van der Waals surface area contributed by atoms with Crippen LogP contribution in [-0.4, -0.2) is 56.9 Å². The summed E-state index contributed by atoms with van der Waals surface area (Å²) in [7, 11) is -4.10. The first-order valence-electron chi connectivity index (χ1n) is 10.7. The van der Waals surface area contributed by atoms with Gasteiger partial charge in [-0.05, 0) is 49.2 Å². The Bertz CT molecular complexity index is 1290. The van der Waals surface area contributed by atoms with Gasteiger partial charge in [-0.2, -0.15) is 13.2 Å². The number of nitrogens with one attached hydrogen (secondary N) is 1. The molecule has 2 heterocycles. The zero-order valence-corrected chi connectivity index (χ0v) is 18.6. The largest absolute Gasteiger partial charge is 0.418 e. The fourth-order valence-electron chi connectivity index (χ4n) is 4.15. The number of morpholine rings is 1. The molecule has 1 saturated heterocycles. The molecule has 2 fully saturated rings. The van der Waals surface area contributed by atoms with Crippen molar-refractivity contribution in [3.05, 3.63) is 53.1 Å². The van der Waals surface area contributed by atoms with Crippen LogP contribution in [0.15, 0.2) is 41.3 Å². The van der Waals surface area contributed by atoms with Crippen molar-refractivity contribution < 1.29 is 35.9 Å². The summed E-state index contributed by atoms with van der Waals surface area (Å²) in [6.45, 7) is 1.70. The van der Waals surface area contributed by atoms with E-state index >= 15 is 0 Å². The second-order valence-corrected chi connectivity index (χ2v) is 10.1. The highest BCUT2D eigenvalue weighted by Crippen LogP contribution is 2.40. The number of sulfonamides is 1. The predicted octanol–water partition coefficient (Wildman–Crippen LogP) is 3.10. The standard InChI is InChI=1S/C22H20F3N3O5S/c23-22(24,25)17-12-15(27-7-9-33-10-8-27)4-6-18(17)26-20(29)13-1-5-16-19(11-13)34(31,32)28(21(16)30)14-2-3-14/h1,4-6,11-12,14H,2-3,7-10H2,(H,26,29). The number of nitrogens with zero attached hydrogens (tertiary/aromatic N) is 2. The minimum Gasteiger partial charge on any atom is -0.378 e. The molecule has 0 radical (unpaired) electrons. The number of amides is 2. The van der Waals surface area contributed by atoms with Crippen molar-refractivity contribution in [2.24, 2.45) is 0 Å². The number of carbonyl (C=O) groups is 2. The normalized spacial score (nSPS) is 19.8. The van der Waals surface area contributed by atoms with E-state index in [-0.39, 0.29) is 22.1 Å². The number of hydrogen-bond acceptors (Lipinski definition) is 6. The molecule has 2 aromatic rings. The van der Waals surface area contributed by atoms with E-state index in [0.717, 1.165) is 16.4 Å². The third-order valence-corrected chi connectivity index (χ3v) is 7.90. The minimum absolute atomic E-state index is 0.0469. The van der Waals surface area contributed by atoms with Gasteiger partial charge in [0.25, 0.3) is 21.8 Å². The van der Waals surface area contributed by atoms with Crippen molar-refractivity contribution >= 4 is 33.2 Å². The Balaban J connectivity index is 1.44. The lowest BCUT2D eigenvalue weighted by Gasteiger charge is -2.29. The molecule has 0 unspecified atom stereocenters. The lowest BCUT2D eigenvalue weighted by atomic mass is 10.1. The van der Waals surface area contributed by atoms with Gasteiger partial charge in [0.1, 0.15) is 4.90 Å². The third-order valence-electron chi connectivity index (χ3n) is 6.02. The highest BCUT2D eigenvalue weighted by molar-refractivity contribution is 7.90. The van der Waals surface area contributed by atoms with E-state index in [1.54, 1.807) is 4.90 Å². The zero-order chi connectivity index (χ0) is 24.3. The molecule has 0 spiro atoms. The Morgan fingerprint density at radius 1 is 1.06 bits per heavy atom. The number of anilines is 2. The van der Waals surface area contributed by atoms with E-state index in [9.17, 15) is 31.2 Å². The Kier molecular flexibility index (Phi) is 5.32. The summed E-state index contributed by atoms with van der Waals surface area (Å²) in [5.74, 6) is -1.57. The number of hydrogen-bond donors (Lipinski definition) is 1. The summed E-state index contributed by atoms with van der Waals surface area (Å²) in [6, 6.07) is 6.73. The van der Waals surface area contributed by atoms with Gasteiger partial charge in [0.05, 0.1) is 30.0 Å². The molecule has 34 heavy (non-hydrogen) atoms. The Labute approximate surface area is 193 Å². The van der Waals surface area contributed by atoms with Crippen LogP contribution in [-0.2, 0) is 20.9 Å². The van der Waals surface area contributed by atoms with Gasteiger partial charge in [-0.3, -0.25) is 9.59 Å². The van der Waals surface area contributed by atoms with Gasteiger partial charge in [-0.15, -0.1) is 0 Å². The van der Waals surface area contributed by atoms with Gasteiger partial charge >= 0.3 is 6.18 Å². The van der Waals surface area contributed by atoms with Crippen molar-refractivity contribution in [2.45, 2.75) is 30.0 Å². The van der Waals surface area contributed by atoms with Crippen LogP contribution in [0.25, 0.3) is 0 Å². The lowest BCUT2D eigenvalue weighted by Crippen LogP contribution is -2.36. The number of rotatable bonds is 4. The molecule has 0 atom stereocenters. The maximum absolute atomic E-state index is 13.8. The van der Waals surface area contributed by atoms with Crippen molar-refractivity contribution in [2.75, 3.05) is 36.5 Å². The number of alkyl halides is 3. The number of benzene rings is 2. The summed E-state index contributed by atoms with van der Waals surface area (Å²) in [5, 5.41) is 2.24. The first-order valence-corrected chi connectivity index (χ1v) is 12.1. The van der Waals surface area contributed by atoms with Gasteiger partial charge in [0, 0.05) is 30.4 Å². The average molecular weight is 495 g/mol. The van der Waals surface area contributed by atoms with E-state index in [1.165, 1.54) is 24.3 Å². The van der Waals surface area contributed by atoms with Crippen LogP contribution < -0.4 is 10.2 Å². The summed E-state index contributed by atoms with van der Waals surface area (Å²) in [6.07, 6.45) is -3.58. The third kappa shape index (κ3) is 3.90. The fourth-order valence-corrected chi connectivity index (χ4v) is 5.99. The van der Waals surface area contributed by atoms with E-state index < -0.39 is 39.3 Å². The zero-order valence-electron chi connectivity index (χ0n) is 17.8. The van der Waals surface area contributed by atoms with Crippen LogP contribution in [0.4, 0.5) is 24.5 Å². The summed E-state index contributed by atoms with van der Waals surface area (Å²) in [5.41, 5.74) is -1.33. The molecule has 0 aromatic heterocycles. The quantitative estimate of drug-likeness (QED) is 0.701. The minimum atomic E-state index is -4.73. The summed E-state index contributed by atoms with van der Waals surface area (Å²) >= 11 is 0. The predicted molar refractivity (Wildman–Crippen MR) is 115 cm³/mol. The molecule has 0 bridgehead atoms. The lowest BCUT2D eigenvalue weighted by molar-refractivity contribution is -0.136. The Morgan fingerprint density at radius 2 is 1.76 bits per heavy atom. The van der Waals surface area contributed by atoms with E-state index in [1.807, 2.05) is 0 Å². The summed E-state index contributed by atoms with van der Waals surface area (Å²) in [4.78, 5) is 26.7. The van der Waals surface area contributed by atoms with Crippen molar-refractivity contribution in [1.29, 1.82) is 0 Å². The molecule has 5 rings (SSSR count). The molecular weight excluding hydrogens is 475 g/mol. The molecule has 2 amide bonds. The average Bonchev–Trinajstić information content (AvgIpc) is 3.60. The number of carbonyl (C=O) groups excluding carboxylic acids is 2. The molecule has 2 aliphatic heterocycles. The van der Waals surface area contributed by atoms with E-state index in [4.69, 9.17) is 4.74 Å². The molecule has 1 saturated carbocycles. The van der Waals surface area contributed by atoms with E-state index in [0.29, 0.717) is 44.8 Å². The maximum Gasteiger partial charge on any atom is 0.418 e. The molecule has 180 valence electrons. The first-order chi connectivity index (χ1) is 16.1. The fraction of sp³-hybridized carbons (Fsp3) is 0.364. The second kappa shape index (κ2) is 7.98. The van der Waals surface area contributed by atoms with Crippen LogP contribution >= 0.6 is 0 Å². The highest BCUT2D eigenvalue weighted by atomic mass is 32.2. The first kappa shape index (κ1) is 22.7.